The fourth-order valence-corrected chi connectivity index (χ4v) is 1.93. The normalized spacial score (nSPS) is 12.4. The Bertz CT molecular complexity index is 539. The van der Waals surface area contributed by atoms with E-state index in [9.17, 15) is 0 Å². The lowest BCUT2D eigenvalue weighted by molar-refractivity contribution is 0.287. The smallest absolute Gasteiger partial charge is 0.170 e. The lowest BCUT2D eigenvalue weighted by Crippen LogP contribution is -2.09. The van der Waals surface area contributed by atoms with Crippen LogP contribution in [0.2, 0.25) is 0 Å². The molecule has 0 aliphatic heterocycles. The van der Waals surface area contributed by atoms with Crippen LogP contribution in [-0.2, 0) is 13.7 Å². The van der Waals surface area contributed by atoms with Crippen LogP contribution in [0.4, 0.5) is 0 Å². The minimum absolute atomic E-state index is 0.0763. The van der Waals surface area contributed by atoms with E-state index in [1.807, 2.05) is 36.7 Å². The van der Waals surface area contributed by atoms with Crippen LogP contribution in [0.5, 0.6) is 5.75 Å². The van der Waals surface area contributed by atoms with E-state index in [1.54, 1.807) is 6.33 Å². The van der Waals surface area contributed by atoms with E-state index in [2.05, 4.69) is 26.1 Å². The average Bonchev–Trinajstić information content (AvgIpc) is 2.72. The second kappa shape index (κ2) is 5.49. The van der Waals surface area contributed by atoms with Gasteiger partial charge >= 0.3 is 0 Å². The number of hydrogen-bond donors (Lipinski definition) is 1. The SMILES string of the molecule is C[C@@H](N)c1ccc(Br)cc1OCc1nncn1C. The maximum absolute atomic E-state index is 5.91. The van der Waals surface area contributed by atoms with Crippen molar-refractivity contribution in [2.75, 3.05) is 0 Å². The minimum atomic E-state index is -0.0763. The van der Waals surface area contributed by atoms with Crippen molar-refractivity contribution in [2.45, 2.75) is 19.6 Å². The van der Waals surface area contributed by atoms with Crippen LogP contribution >= 0.6 is 15.9 Å². The molecular weight excluding hydrogens is 296 g/mol. The number of benzene rings is 1. The number of halogens is 1. The first kappa shape index (κ1) is 13.0. The van der Waals surface area contributed by atoms with E-state index in [0.29, 0.717) is 6.61 Å². The third kappa shape index (κ3) is 2.88. The highest BCUT2D eigenvalue weighted by atomic mass is 79.9. The second-order valence-corrected chi connectivity index (χ2v) is 5.03. The third-order valence-corrected chi connectivity index (χ3v) is 3.12. The summed E-state index contributed by atoms with van der Waals surface area (Å²) in [4.78, 5) is 0. The van der Waals surface area contributed by atoms with E-state index in [0.717, 1.165) is 21.6 Å². The van der Waals surface area contributed by atoms with Crippen LogP contribution in [0.15, 0.2) is 29.0 Å². The maximum atomic E-state index is 5.91. The zero-order valence-electron chi connectivity index (χ0n) is 10.3. The molecule has 2 aromatic rings. The Morgan fingerprint density at radius 1 is 1.50 bits per heavy atom. The molecule has 0 saturated heterocycles. The number of nitrogens with zero attached hydrogens (tertiary/aromatic N) is 3. The summed E-state index contributed by atoms with van der Waals surface area (Å²) in [6.07, 6.45) is 1.64. The summed E-state index contributed by atoms with van der Waals surface area (Å²) < 4.78 is 8.55. The van der Waals surface area contributed by atoms with E-state index in [1.165, 1.54) is 0 Å². The van der Waals surface area contributed by atoms with Gasteiger partial charge in [-0.25, -0.2) is 0 Å². The molecule has 0 amide bonds. The summed E-state index contributed by atoms with van der Waals surface area (Å²) in [6, 6.07) is 5.75. The Kier molecular flexibility index (Phi) is 3.98. The van der Waals surface area contributed by atoms with Crippen LogP contribution in [-0.4, -0.2) is 14.8 Å². The first-order valence-electron chi connectivity index (χ1n) is 5.58. The molecule has 0 aliphatic carbocycles. The van der Waals surface area contributed by atoms with Crippen molar-refractivity contribution < 1.29 is 4.74 Å². The fourth-order valence-electron chi connectivity index (χ4n) is 1.59. The summed E-state index contributed by atoms with van der Waals surface area (Å²) in [6.45, 7) is 2.30. The highest BCUT2D eigenvalue weighted by Crippen LogP contribution is 2.28. The molecule has 6 heteroatoms. The zero-order chi connectivity index (χ0) is 13.1. The Balaban J connectivity index is 2.18. The molecule has 0 radical (unpaired) electrons. The van der Waals surface area contributed by atoms with Crippen molar-refractivity contribution in [1.82, 2.24) is 14.8 Å². The molecule has 2 rings (SSSR count). The van der Waals surface area contributed by atoms with E-state index < -0.39 is 0 Å². The number of rotatable bonds is 4. The molecule has 96 valence electrons. The Morgan fingerprint density at radius 2 is 2.28 bits per heavy atom. The quantitative estimate of drug-likeness (QED) is 0.940. The van der Waals surface area contributed by atoms with Crippen LogP contribution < -0.4 is 10.5 Å². The van der Waals surface area contributed by atoms with Crippen molar-refractivity contribution in [3.63, 3.8) is 0 Å². The second-order valence-electron chi connectivity index (χ2n) is 4.12. The molecule has 5 nitrogen and oxygen atoms in total. The van der Waals surface area contributed by atoms with Crippen LogP contribution in [0.25, 0.3) is 0 Å². The number of nitrogens with two attached hydrogens (primary N) is 1. The first-order valence-corrected chi connectivity index (χ1v) is 6.38. The predicted octanol–water partition coefficient (Wildman–Crippen LogP) is 2.18. The largest absolute Gasteiger partial charge is 0.485 e. The first-order chi connectivity index (χ1) is 8.58. The zero-order valence-corrected chi connectivity index (χ0v) is 11.9. The number of aryl methyl sites for hydroxylation is 1. The highest BCUT2D eigenvalue weighted by molar-refractivity contribution is 9.10. The van der Waals surface area contributed by atoms with Crippen molar-refractivity contribution >= 4 is 15.9 Å². The topological polar surface area (TPSA) is 66.0 Å². The van der Waals surface area contributed by atoms with Gasteiger partial charge in [-0.2, -0.15) is 0 Å². The van der Waals surface area contributed by atoms with Gasteiger partial charge in [0.25, 0.3) is 0 Å². The molecule has 1 atom stereocenters. The molecule has 1 aromatic carbocycles. The summed E-state index contributed by atoms with van der Waals surface area (Å²) in [7, 11) is 1.88. The standard InChI is InChI=1S/C12H15BrN4O/c1-8(14)10-4-3-9(13)5-11(10)18-6-12-16-15-7-17(12)2/h3-5,7-8H,6,14H2,1-2H3/t8-/m1/s1. The Hall–Kier alpha value is -1.40. The lowest BCUT2D eigenvalue weighted by atomic mass is 10.1. The monoisotopic (exact) mass is 310 g/mol. The molecule has 0 fully saturated rings. The maximum Gasteiger partial charge on any atom is 0.170 e. The Labute approximate surface area is 114 Å². The van der Waals surface area contributed by atoms with Crippen molar-refractivity contribution in [3.05, 3.63) is 40.4 Å². The van der Waals surface area contributed by atoms with Gasteiger partial charge in [0, 0.05) is 23.1 Å². The van der Waals surface area contributed by atoms with Gasteiger partial charge in [-0.1, -0.05) is 22.0 Å². The molecule has 0 bridgehead atoms. The van der Waals surface area contributed by atoms with E-state index >= 15 is 0 Å². The van der Waals surface area contributed by atoms with E-state index in [4.69, 9.17) is 10.5 Å². The Morgan fingerprint density at radius 3 is 2.89 bits per heavy atom. The summed E-state index contributed by atoms with van der Waals surface area (Å²) in [5.41, 5.74) is 6.89. The van der Waals surface area contributed by atoms with Gasteiger partial charge in [0.1, 0.15) is 18.7 Å². The molecule has 0 saturated carbocycles. The number of aromatic nitrogens is 3. The summed E-state index contributed by atoms with van der Waals surface area (Å²) in [5.74, 6) is 1.54. The number of ether oxygens (including phenoxy) is 1. The van der Waals surface area contributed by atoms with Gasteiger partial charge < -0.3 is 15.0 Å². The van der Waals surface area contributed by atoms with Gasteiger partial charge in [-0.3, -0.25) is 0 Å². The minimum Gasteiger partial charge on any atom is -0.485 e. The molecule has 0 unspecified atom stereocenters. The molecule has 2 N–H and O–H groups in total. The molecule has 18 heavy (non-hydrogen) atoms. The van der Waals surface area contributed by atoms with Crippen LogP contribution in [0.3, 0.4) is 0 Å². The highest BCUT2D eigenvalue weighted by Gasteiger charge is 2.10. The lowest BCUT2D eigenvalue weighted by Gasteiger charge is -2.14. The van der Waals surface area contributed by atoms with Gasteiger partial charge in [0.15, 0.2) is 5.82 Å². The van der Waals surface area contributed by atoms with Crippen molar-refractivity contribution in [3.8, 4) is 5.75 Å². The molecule has 0 spiro atoms. The van der Waals surface area contributed by atoms with Crippen LogP contribution in [0, 0.1) is 0 Å². The summed E-state index contributed by atoms with van der Waals surface area (Å²) >= 11 is 3.42. The van der Waals surface area contributed by atoms with E-state index in [-0.39, 0.29) is 6.04 Å². The predicted molar refractivity (Wildman–Crippen MR) is 72.1 cm³/mol. The number of hydrogen-bond acceptors (Lipinski definition) is 4. The average molecular weight is 311 g/mol. The van der Waals surface area contributed by atoms with Crippen molar-refractivity contribution in [1.29, 1.82) is 0 Å². The summed E-state index contributed by atoms with van der Waals surface area (Å²) in [5, 5.41) is 7.78. The molecule has 1 aromatic heterocycles. The molecule has 1 heterocycles. The van der Waals surface area contributed by atoms with Gasteiger partial charge in [0.2, 0.25) is 0 Å². The van der Waals surface area contributed by atoms with Crippen LogP contribution in [0.1, 0.15) is 24.4 Å². The van der Waals surface area contributed by atoms with Crippen molar-refractivity contribution in [2.24, 2.45) is 12.8 Å². The van der Waals surface area contributed by atoms with Gasteiger partial charge in [-0.05, 0) is 19.1 Å². The van der Waals surface area contributed by atoms with Gasteiger partial charge in [-0.15, -0.1) is 10.2 Å². The van der Waals surface area contributed by atoms with Gasteiger partial charge in [0.05, 0.1) is 0 Å². The third-order valence-electron chi connectivity index (χ3n) is 2.63. The molecular formula is C12H15BrN4O. The molecule has 0 aliphatic rings. The fraction of sp³-hybridized carbons (Fsp3) is 0.333.